The summed E-state index contributed by atoms with van der Waals surface area (Å²) in [7, 11) is 1.33. The first kappa shape index (κ1) is 18.9. The highest BCUT2D eigenvalue weighted by Gasteiger charge is 2.12. The van der Waals surface area contributed by atoms with E-state index in [1.807, 2.05) is 0 Å². The van der Waals surface area contributed by atoms with E-state index in [2.05, 4.69) is 60.7 Å². The zero-order chi connectivity index (χ0) is 19.6. The number of aromatic nitrogens is 1. The van der Waals surface area contributed by atoms with Crippen molar-refractivity contribution in [2.24, 2.45) is 4.99 Å². The van der Waals surface area contributed by atoms with E-state index < -0.39 is 5.97 Å². The first-order valence-corrected chi connectivity index (χ1v) is 8.96. The maximum atomic E-state index is 11.8. The van der Waals surface area contributed by atoms with Gasteiger partial charge in [-0.05, 0) is 57.2 Å². The Hall–Kier alpha value is -2.85. The van der Waals surface area contributed by atoms with Gasteiger partial charge < -0.3 is 9.30 Å². The summed E-state index contributed by atoms with van der Waals surface area (Å²) in [4.78, 5) is 16.3. The van der Waals surface area contributed by atoms with Crippen LogP contribution in [-0.2, 0) is 4.74 Å². The Morgan fingerprint density at radius 1 is 1.07 bits per heavy atom. The molecule has 0 aliphatic heterocycles. The number of carbonyl (C=O) groups is 1. The van der Waals surface area contributed by atoms with Crippen molar-refractivity contribution in [3.05, 3.63) is 81.6 Å². The van der Waals surface area contributed by atoms with Crippen LogP contribution in [0, 0.1) is 20.8 Å². The number of methoxy groups -OCH3 is 1. The molecule has 138 valence electrons. The largest absolute Gasteiger partial charge is 0.465 e. The Morgan fingerprint density at radius 3 is 2.44 bits per heavy atom. The third-order valence-electron chi connectivity index (χ3n) is 4.47. The summed E-state index contributed by atoms with van der Waals surface area (Å²) in [5, 5.41) is 0.346. The first-order chi connectivity index (χ1) is 12.9. The average molecular weight is 381 g/mol. The van der Waals surface area contributed by atoms with Crippen molar-refractivity contribution >= 4 is 29.5 Å². The van der Waals surface area contributed by atoms with Crippen molar-refractivity contribution < 1.29 is 9.53 Å². The van der Waals surface area contributed by atoms with Gasteiger partial charge in [0.05, 0.1) is 23.4 Å². The van der Waals surface area contributed by atoms with Gasteiger partial charge in [-0.15, -0.1) is 0 Å². The molecule has 0 amide bonds. The number of carbonyl (C=O) groups excluding carboxylic acids is 1. The summed E-state index contributed by atoms with van der Waals surface area (Å²) in [5.41, 5.74) is 6.54. The van der Waals surface area contributed by atoms with Crippen LogP contribution in [0.1, 0.15) is 32.9 Å². The Kier molecular flexibility index (Phi) is 5.47. The van der Waals surface area contributed by atoms with E-state index in [0.717, 1.165) is 22.6 Å². The number of benzene rings is 2. The van der Waals surface area contributed by atoms with Crippen molar-refractivity contribution in [2.75, 3.05) is 7.11 Å². The Bertz CT molecular complexity index is 1020. The van der Waals surface area contributed by atoms with Gasteiger partial charge in [0.1, 0.15) is 0 Å². The molecule has 1 aromatic heterocycles. The molecule has 27 heavy (non-hydrogen) atoms. The van der Waals surface area contributed by atoms with Gasteiger partial charge >= 0.3 is 5.97 Å². The van der Waals surface area contributed by atoms with E-state index >= 15 is 0 Å². The van der Waals surface area contributed by atoms with Gasteiger partial charge in [-0.3, -0.25) is 4.99 Å². The minimum absolute atomic E-state index is 0.305. The molecule has 0 N–H and O–H groups in total. The van der Waals surface area contributed by atoms with Crippen molar-refractivity contribution in [1.82, 2.24) is 4.57 Å². The molecular weight excluding hydrogens is 360 g/mol. The molecule has 0 saturated heterocycles. The van der Waals surface area contributed by atoms with Crippen LogP contribution in [0.4, 0.5) is 5.69 Å². The molecular formula is C22H21ClN2O2. The highest BCUT2D eigenvalue weighted by molar-refractivity contribution is 6.33. The van der Waals surface area contributed by atoms with Crippen LogP contribution in [-0.4, -0.2) is 23.9 Å². The van der Waals surface area contributed by atoms with Crippen LogP contribution >= 0.6 is 11.6 Å². The summed E-state index contributed by atoms with van der Waals surface area (Å²) in [6, 6.07) is 15.6. The van der Waals surface area contributed by atoms with Gasteiger partial charge in [-0.2, -0.15) is 0 Å². The number of hydrogen-bond acceptors (Lipinski definition) is 3. The standard InChI is InChI=1S/C22H21ClN2O2/c1-14-5-8-19(9-6-14)25-15(2)11-17(16(25)3)13-24-18-7-10-21(23)20(12-18)22(26)27-4/h5-13H,1-4H3. The van der Waals surface area contributed by atoms with Crippen molar-refractivity contribution in [2.45, 2.75) is 20.8 Å². The maximum absolute atomic E-state index is 11.8. The Labute approximate surface area is 164 Å². The van der Waals surface area contributed by atoms with Crippen molar-refractivity contribution in [3.8, 4) is 5.69 Å². The molecule has 0 radical (unpaired) electrons. The van der Waals surface area contributed by atoms with Crippen molar-refractivity contribution in [1.29, 1.82) is 0 Å². The SMILES string of the molecule is COC(=O)c1cc(N=Cc2cc(C)n(-c3ccc(C)cc3)c2C)ccc1Cl. The second-order valence-electron chi connectivity index (χ2n) is 6.41. The van der Waals surface area contributed by atoms with Crippen LogP contribution in [0.3, 0.4) is 0 Å². The molecule has 0 aliphatic rings. The van der Waals surface area contributed by atoms with Gasteiger partial charge in [0, 0.05) is 28.9 Å². The van der Waals surface area contributed by atoms with Gasteiger partial charge in [-0.1, -0.05) is 29.3 Å². The maximum Gasteiger partial charge on any atom is 0.339 e. The van der Waals surface area contributed by atoms with Crippen LogP contribution in [0.25, 0.3) is 5.69 Å². The number of nitrogens with zero attached hydrogens (tertiary/aromatic N) is 2. The lowest BCUT2D eigenvalue weighted by molar-refractivity contribution is 0.0601. The third-order valence-corrected chi connectivity index (χ3v) is 4.80. The lowest BCUT2D eigenvalue weighted by Crippen LogP contribution is -2.01. The average Bonchev–Trinajstić information content (AvgIpc) is 2.95. The molecule has 0 saturated carbocycles. The molecule has 0 atom stereocenters. The fourth-order valence-electron chi connectivity index (χ4n) is 3.01. The third kappa shape index (κ3) is 3.96. The van der Waals surface area contributed by atoms with Gasteiger partial charge in [-0.25, -0.2) is 4.79 Å². The topological polar surface area (TPSA) is 43.6 Å². The van der Waals surface area contributed by atoms with E-state index in [-0.39, 0.29) is 0 Å². The van der Waals surface area contributed by atoms with Gasteiger partial charge in [0.15, 0.2) is 0 Å². The smallest absolute Gasteiger partial charge is 0.339 e. The van der Waals surface area contributed by atoms with Gasteiger partial charge in [0.2, 0.25) is 0 Å². The highest BCUT2D eigenvalue weighted by atomic mass is 35.5. The molecule has 1 heterocycles. The summed E-state index contributed by atoms with van der Waals surface area (Å²) >= 11 is 6.06. The van der Waals surface area contributed by atoms with E-state index in [0.29, 0.717) is 16.3 Å². The summed E-state index contributed by atoms with van der Waals surface area (Å²) in [6.45, 7) is 6.21. The molecule has 0 spiro atoms. The second kappa shape index (κ2) is 7.80. The Morgan fingerprint density at radius 2 is 1.78 bits per heavy atom. The number of hydrogen-bond donors (Lipinski definition) is 0. The molecule has 0 aliphatic carbocycles. The fourth-order valence-corrected chi connectivity index (χ4v) is 3.21. The molecule has 4 nitrogen and oxygen atoms in total. The molecule has 5 heteroatoms. The van der Waals surface area contributed by atoms with Crippen LogP contribution in [0.15, 0.2) is 53.5 Å². The molecule has 0 unspecified atom stereocenters. The molecule has 0 fully saturated rings. The van der Waals surface area contributed by atoms with Crippen LogP contribution in [0.5, 0.6) is 0 Å². The predicted molar refractivity (Wildman–Crippen MR) is 110 cm³/mol. The number of aryl methyl sites for hydroxylation is 2. The zero-order valence-electron chi connectivity index (χ0n) is 15.8. The Balaban J connectivity index is 1.94. The van der Waals surface area contributed by atoms with E-state index in [1.165, 1.54) is 12.7 Å². The van der Waals surface area contributed by atoms with Crippen LogP contribution < -0.4 is 0 Å². The minimum atomic E-state index is -0.477. The monoisotopic (exact) mass is 380 g/mol. The summed E-state index contributed by atoms with van der Waals surface area (Å²) < 4.78 is 6.95. The minimum Gasteiger partial charge on any atom is -0.465 e. The lowest BCUT2D eigenvalue weighted by atomic mass is 10.2. The van der Waals surface area contributed by atoms with Gasteiger partial charge in [0.25, 0.3) is 0 Å². The molecule has 2 aromatic carbocycles. The number of rotatable bonds is 4. The zero-order valence-corrected chi connectivity index (χ0v) is 16.5. The number of halogens is 1. The first-order valence-electron chi connectivity index (χ1n) is 8.58. The highest BCUT2D eigenvalue weighted by Crippen LogP contribution is 2.24. The molecule has 0 bridgehead atoms. The fraction of sp³-hybridized carbons (Fsp3) is 0.182. The quantitative estimate of drug-likeness (QED) is 0.437. The lowest BCUT2D eigenvalue weighted by Gasteiger charge is -2.09. The van der Waals surface area contributed by atoms with Crippen molar-refractivity contribution in [3.63, 3.8) is 0 Å². The molecule has 3 rings (SSSR count). The van der Waals surface area contributed by atoms with E-state index in [9.17, 15) is 4.79 Å². The molecule has 3 aromatic rings. The summed E-state index contributed by atoms with van der Waals surface area (Å²) in [6.07, 6.45) is 1.80. The number of aliphatic imine (C=N–C) groups is 1. The normalized spacial score (nSPS) is 11.1. The van der Waals surface area contributed by atoms with Crippen LogP contribution in [0.2, 0.25) is 5.02 Å². The second-order valence-corrected chi connectivity index (χ2v) is 6.82. The van der Waals surface area contributed by atoms with E-state index in [4.69, 9.17) is 16.3 Å². The number of esters is 1. The predicted octanol–water partition coefficient (Wildman–Crippen LogP) is 5.59. The summed E-state index contributed by atoms with van der Waals surface area (Å²) in [5.74, 6) is -0.477. The van der Waals surface area contributed by atoms with E-state index in [1.54, 1.807) is 24.4 Å². The number of ether oxygens (including phenoxy) is 1.